The lowest BCUT2D eigenvalue weighted by Crippen LogP contribution is -2.57. The number of halogens is 4. The maximum absolute atomic E-state index is 14.4. The summed E-state index contributed by atoms with van der Waals surface area (Å²) in [4.78, 5) is 44.7. The van der Waals surface area contributed by atoms with Crippen LogP contribution in [0.4, 0.5) is 29.1 Å². The number of hydrogen-bond donors (Lipinski definition) is 3. The highest BCUT2D eigenvalue weighted by atomic mass is 19.4. The van der Waals surface area contributed by atoms with Crippen molar-refractivity contribution in [2.75, 3.05) is 17.3 Å². The lowest BCUT2D eigenvalue weighted by Gasteiger charge is -2.31. The van der Waals surface area contributed by atoms with Crippen molar-refractivity contribution in [3.63, 3.8) is 0 Å². The van der Waals surface area contributed by atoms with Gasteiger partial charge in [-0.1, -0.05) is 19.9 Å². The minimum Gasteiger partial charge on any atom is -0.343 e. The number of aromatic nitrogens is 1. The third-order valence-corrected chi connectivity index (χ3v) is 5.97. The van der Waals surface area contributed by atoms with E-state index in [-0.39, 0.29) is 24.2 Å². The van der Waals surface area contributed by atoms with Crippen LogP contribution in [0.15, 0.2) is 36.5 Å². The van der Waals surface area contributed by atoms with Gasteiger partial charge in [-0.2, -0.15) is 13.2 Å². The minimum atomic E-state index is -4.74. The number of pyridine rings is 1. The number of nitrogens with one attached hydrogen (secondary N) is 3. The van der Waals surface area contributed by atoms with Gasteiger partial charge in [0, 0.05) is 12.6 Å². The zero-order chi connectivity index (χ0) is 26.8. The highest BCUT2D eigenvalue weighted by Gasteiger charge is 2.43. The molecule has 1 aliphatic heterocycles. The fourth-order valence-electron chi connectivity index (χ4n) is 3.80. The number of carbonyl (C=O) groups is 3. The molecule has 12 heteroatoms. The summed E-state index contributed by atoms with van der Waals surface area (Å²) in [6, 6.07) is 2.33. The van der Waals surface area contributed by atoms with Crippen LogP contribution in [0, 0.1) is 11.7 Å². The monoisotopic (exact) mass is 509 g/mol. The summed E-state index contributed by atoms with van der Waals surface area (Å²) in [5.41, 5.74) is -1.07. The Morgan fingerprint density at radius 2 is 1.83 bits per heavy atom. The summed E-state index contributed by atoms with van der Waals surface area (Å²) in [6.07, 6.45) is -3.25. The Morgan fingerprint density at radius 1 is 1.14 bits per heavy atom. The first kappa shape index (κ1) is 27.1. The second-order valence-corrected chi connectivity index (χ2v) is 8.84. The van der Waals surface area contributed by atoms with Crippen LogP contribution in [0.5, 0.6) is 0 Å². The molecule has 0 spiro atoms. The minimum absolute atomic E-state index is 0.0503. The molecule has 0 radical (unpaired) electrons. The molecule has 0 bridgehead atoms. The molecule has 2 aromatic rings. The van der Waals surface area contributed by atoms with Gasteiger partial charge in [0.15, 0.2) is 0 Å². The lowest BCUT2D eigenvalue weighted by molar-refractivity contribution is -0.137. The number of nitrogens with zero attached hydrogens (tertiary/aromatic N) is 2. The maximum atomic E-state index is 14.4. The molecule has 36 heavy (non-hydrogen) atoms. The van der Waals surface area contributed by atoms with Crippen LogP contribution in [0.2, 0.25) is 0 Å². The van der Waals surface area contributed by atoms with Gasteiger partial charge in [-0.25, -0.2) is 9.37 Å². The molecule has 3 amide bonds. The molecule has 3 rings (SSSR count). The summed E-state index contributed by atoms with van der Waals surface area (Å²) in [5.74, 6) is -3.22. The Bertz CT molecular complexity index is 1150. The third-order valence-electron chi connectivity index (χ3n) is 5.97. The van der Waals surface area contributed by atoms with Crippen molar-refractivity contribution in [1.29, 1.82) is 0 Å². The second kappa shape index (κ2) is 10.6. The SMILES string of the molecule is CN[C@@H](C)C(=O)N[C@H](C(=O)N1c2ncccc2C[C@H]1C(=O)Nc1ccc(C(F)(F)F)cc1F)C(C)C. The average Bonchev–Trinajstić information content (AvgIpc) is 3.21. The molecule has 3 atom stereocenters. The van der Waals surface area contributed by atoms with Crippen molar-refractivity contribution in [3.8, 4) is 0 Å². The topological polar surface area (TPSA) is 103 Å². The Labute approximate surface area is 205 Å². The van der Waals surface area contributed by atoms with Crippen molar-refractivity contribution in [2.45, 2.75) is 51.5 Å². The number of hydrogen-bond acceptors (Lipinski definition) is 5. The molecular weight excluding hydrogens is 482 g/mol. The summed E-state index contributed by atoms with van der Waals surface area (Å²) in [7, 11) is 1.60. The second-order valence-electron chi connectivity index (χ2n) is 8.84. The molecule has 1 aromatic carbocycles. The number of likely N-dealkylation sites (N-methyl/N-ethyl adjacent to an activating group) is 1. The van der Waals surface area contributed by atoms with Crippen LogP contribution >= 0.6 is 0 Å². The molecule has 2 heterocycles. The van der Waals surface area contributed by atoms with E-state index in [1.807, 2.05) is 0 Å². The zero-order valence-corrected chi connectivity index (χ0v) is 20.1. The normalized spacial score (nSPS) is 16.9. The molecule has 0 fully saturated rings. The van der Waals surface area contributed by atoms with Gasteiger partial charge >= 0.3 is 6.18 Å². The first-order valence-corrected chi connectivity index (χ1v) is 11.3. The first-order chi connectivity index (χ1) is 16.8. The van der Waals surface area contributed by atoms with Gasteiger partial charge < -0.3 is 16.0 Å². The molecule has 0 saturated heterocycles. The van der Waals surface area contributed by atoms with Crippen LogP contribution < -0.4 is 20.9 Å². The Hall–Kier alpha value is -3.54. The molecule has 0 saturated carbocycles. The number of fused-ring (bicyclic) bond motifs is 1. The van der Waals surface area contributed by atoms with Crippen LogP contribution in [-0.4, -0.2) is 47.9 Å². The molecule has 0 aliphatic carbocycles. The molecule has 1 aromatic heterocycles. The van der Waals surface area contributed by atoms with Gasteiger partial charge in [-0.3, -0.25) is 19.3 Å². The summed E-state index contributed by atoms with van der Waals surface area (Å²) in [5, 5.41) is 7.77. The van der Waals surface area contributed by atoms with Gasteiger partial charge in [0.2, 0.25) is 11.8 Å². The third kappa shape index (κ3) is 5.64. The number of carbonyl (C=O) groups excluding carboxylic acids is 3. The van der Waals surface area contributed by atoms with Gasteiger partial charge in [0.05, 0.1) is 17.3 Å². The van der Waals surface area contributed by atoms with E-state index in [1.165, 1.54) is 6.20 Å². The van der Waals surface area contributed by atoms with E-state index >= 15 is 0 Å². The van der Waals surface area contributed by atoms with Gasteiger partial charge in [-0.05, 0) is 49.7 Å². The van der Waals surface area contributed by atoms with Gasteiger partial charge in [-0.15, -0.1) is 0 Å². The molecule has 0 unspecified atom stereocenters. The van der Waals surface area contributed by atoms with Crippen molar-refractivity contribution in [3.05, 3.63) is 53.5 Å². The largest absolute Gasteiger partial charge is 0.416 e. The van der Waals surface area contributed by atoms with Crippen molar-refractivity contribution in [2.24, 2.45) is 5.92 Å². The number of anilines is 2. The van der Waals surface area contributed by atoms with E-state index < -0.39 is 59.1 Å². The smallest absolute Gasteiger partial charge is 0.343 e. The van der Waals surface area contributed by atoms with Gasteiger partial charge in [0.25, 0.3) is 5.91 Å². The zero-order valence-electron chi connectivity index (χ0n) is 20.1. The van der Waals surface area contributed by atoms with E-state index in [1.54, 1.807) is 40.0 Å². The van der Waals surface area contributed by atoms with E-state index in [4.69, 9.17) is 0 Å². The first-order valence-electron chi connectivity index (χ1n) is 11.3. The molecule has 194 valence electrons. The average molecular weight is 510 g/mol. The molecule has 1 aliphatic rings. The standard InChI is InChI=1S/C24H27F4N5O3/c1-12(2)19(32-21(34)13(3)29-4)23(36)33-18(10-14-6-5-9-30-20(14)33)22(35)31-17-8-7-15(11-16(17)25)24(26,27)28/h5-9,11-13,18-19,29H,10H2,1-4H3,(H,31,35)(H,32,34)/t13-,18-,19-/m0/s1. The summed E-state index contributed by atoms with van der Waals surface area (Å²) in [6.45, 7) is 5.09. The van der Waals surface area contributed by atoms with Crippen molar-refractivity contribution < 1.29 is 31.9 Å². The number of alkyl halides is 3. The van der Waals surface area contributed by atoms with Crippen molar-refractivity contribution >= 4 is 29.2 Å². The van der Waals surface area contributed by atoms with E-state index in [2.05, 4.69) is 20.9 Å². The van der Waals surface area contributed by atoms with E-state index in [0.29, 0.717) is 11.6 Å². The Balaban J connectivity index is 1.91. The highest BCUT2D eigenvalue weighted by molar-refractivity contribution is 6.09. The maximum Gasteiger partial charge on any atom is 0.416 e. The predicted octanol–water partition coefficient (Wildman–Crippen LogP) is 2.88. The summed E-state index contributed by atoms with van der Waals surface area (Å²) >= 11 is 0. The number of benzene rings is 1. The van der Waals surface area contributed by atoms with E-state index in [9.17, 15) is 31.9 Å². The van der Waals surface area contributed by atoms with Crippen LogP contribution in [0.25, 0.3) is 0 Å². The Morgan fingerprint density at radius 3 is 2.42 bits per heavy atom. The summed E-state index contributed by atoms with van der Waals surface area (Å²) < 4.78 is 53.0. The predicted molar refractivity (Wildman–Crippen MR) is 125 cm³/mol. The Kier molecular flexibility index (Phi) is 7.97. The highest BCUT2D eigenvalue weighted by Crippen LogP contribution is 2.34. The van der Waals surface area contributed by atoms with Crippen LogP contribution in [-0.2, 0) is 27.0 Å². The molecule has 3 N–H and O–H groups in total. The fourth-order valence-corrected chi connectivity index (χ4v) is 3.80. The molecular formula is C24H27F4N5O3. The number of rotatable bonds is 7. The van der Waals surface area contributed by atoms with E-state index in [0.717, 1.165) is 11.0 Å². The number of amides is 3. The van der Waals surface area contributed by atoms with Crippen LogP contribution in [0.1, 0.15) is 31.9 Å². The fraction of sp³-hybridized carbons (Fsp3) is 0.417. The van der Waals surface area contributed by atoms with Gasteiger partial charge in [0.1, 0.15) is 23.7 Å². The van der Waals surface area contributed by atoms with Crippen LogP contribution in [0.3, 0.4) is 0 Å². The van der Waals surface area contributed by atoms with Crippen molar-refractivity contribution in [1.82, 2.24) is 15.6 Å². The molecule has 8 nitrogen and oxygen atoms in total. The quantitative estimate of drug-likeness (QED) is 0.498. The lowest BCUT2D eigenvalue weighted by atomic mass is 10.0.